The van der Waals surface area contributed by atoms with Gasteiger partial charge in [0, 0.05) is 6.42 Å². The van der Waals surface area contributed by atoms with E-state index < -0.39 is 0 Å². The van der Waals surface area contributed by atoms with Gasteiger partial charge in [0.25, 0.3) is 0 Å². The van der Waals surface area contributed by atoms with Crippen molar-refractivity contribution in [2.75, 3.05) is 12.3 Å². The Balaban J connectivity index is 2.68. The predicted molar refractivity (Wildman–Crippen MR) is 59.5 cm³/mol. The van der Waals surface area contributed by atoms with Gasteiger partial charge < -0.3 is 16.2 Å². The smallest absolute Gasteiger partial charge is 0.217 e. The van der Waals surface area contributed by atoms with Gasteiger partial charge in [-0.15, -0.1) is 0 Å². The van der Waals surface area contributed by atoms with Crippen LogP contribution in [0.2, 0.25) is 0 Å². The standard InChI is InChI=1S/C11H16N2O2/c1-2-15-10-5-3-8(7-9(10)12)4-6-11(13)14/h3,5,7H,2,4,6,12H2,1H3,(H2,13,14). The van der Waals surface area contributed by atoms with Gasteiger partial charge in [-0.2, -0.15) is 0 Å². The Hall–Kier alpha value is -1.71. The maximum absolute atomic E-state index is 10.6. The van der Waals surface area contributed by atoms with Gasteiger partial charge in [0.2, 0.25) is 5.91 Å². The molecule has 1 rings (SSSR count). The fourth-order valence-corrected chi connectivity index (χ4v) is 1.31. The summed E-state index contributed by atoms with van der Waals surface area (Å²) in [5.74, 6) is 0.378. The zero-order chi connectivity index (χ0) is 11.3. The number of hydrogen-bond donors (Lipinski definition) is 2. The van der Waals surface area contributed by atoms with E-state index >= 15 is 0 Å². The molecule has 0 unspecified atom stereocenters. The number of ether oxygens (including phenoxy) is 1. The molecule has 1 aromatic rings. The van der Waals surface area contributed by atoms with Crippen molar-refractivity contribution < 1.29 is 9.53 Å². The molecule has 0 spiro atoms. The third-order valence-electron chi connectivity index (χ3n) is 2.03. The summed E-state index contributed by atoms with van der Waals surface area (Å²) in [5.41, 5.74) is 12.4. The van der Waals surface area contributed by atoms with Crippen molar-refractivity contribution in [1.82, 2.24) is 0 Å². The molecule has 4 heteroatoms. The van der Waals surface area contributed by atoms with Gasteiger partial charge in [-0.05, 0) is 31.0 Å². The second-order valence-corrected chi connectivity index (χ2v) is 3.27. The highest BCUT2D eigenvalue weighted by molar-refractivity contribution is 5.74. The summed E-state index contributed by atoms with van der Waals surface area (Å²) in [6.07, 6.45) is 0.958. The van der Waals surface area contributed by atoms with Crippen LogP contribution in [-0.4, -0.2) is 12.5 Å². The Morgan fingerprint density at radius 2 is 2.20 bits per heavy atom. The van der Waals surface area contributed by atoms with Gasteiger partial charge in [-0.3, -0.25) is 4.79 Å². The lowest BCUT2D eigenvalue weighted by Gasteiger charge is -2.08. The van der Waals surface area contributed by atoms with Crippen LogP contribution in [0.15, 0.2) is 18.2 Å². The molecule has 0 bridgehead atoms. The molecule has 0 aromatic heterocycles. The molecule has 0 saturated heterocycles. The number of carbonyl (C=O) groups excluding carboxylic acids is 1. The number of nitrogen functional groups attached to an aromatic ring is 1. The maximum Gasteiger partial charge on any atom is 0.217 e. The van der Waals surface area contributed by atoms with Gasteiger partial charge in [-0.1, -0.05) is 6.07 Å². The molecule has 15 heavy (non-hydrogen) atoms. The summed E-state index contributed by atoms with van der Waals surface area (Å²) >= 11 is 0. The van der Waals surface area contributed by atoms with Crippen molar-refractivity contribution in [3.63, 3.8) is 0 Å². The maximum atomic E-state index is 10.6. The molecule has 0 radical (unpaired) electrons. The first-order chi connectivity index (χ1) is 7.13. The number of hydrogen-bond acceptors (Lipinski definition) is 3. The number of nitrogens with two attached hydrogens (primary N) is 2. The van der Waals surface area contributed by atoms with E-state index in [1.807, 2.05) is 25.1 Å². The largest absolute Gasteiger partial charge is 0.492 e. The molecule has 82 valence electrons. The van der Waals surface area contributed by atoms with Crippen molar-refractivity contribution in [2.45, 2.75) is 19.8 Å². The molecule has 1 aromatic carbocycles. The highest BCUT2D eigenvalue weighted by Crippen LogP contribution is 2.22. The molecule has 0 fully saturated rings. The van der Waals surface area contributed by atoms with E-state index in [1.165, 1.54) is 0 Å². The van der Waals surface area contributed by atoms with Gasteiger partial charge in [-0.25, -0.2) is 0 Å². The Morgan fingerprint density at radius 3 is 2.73 bits per heavy atom. The van der Waals surface area contributed by atoms with Crippen molar-refractivity contribution >= 4 is 11.6 Å². The number of rotatable bonds is 5. The minimum absolute atomic E-state index is 0.303. The molecule has 0 heterocycles. The molecule has 0 saturated carbocycles. The van der Waals surface area contributed by atoms with Crippen molar-refractivity contribution in [1.29, 1.82) is 0 Å². The van der Waals surface area contributed by atoms with Crippen molar-refractivity contribution in [3.05, 3.63) is 23.8 Å². The number of carbonyl (C=O) groups is 1. The van der Waals surface area contributed by atoms with Crippen molar-refractivity contribution in [3.8, 4) is 5.75 Å². The molecule has 0 aliphatic rings. The molecule has 1 amide bonds. The summed E-state index contributed by atoms with van der Waals surface area (Å²) in [4.78, 5) is 10.6. The van der Waals surface area contributed by atoms with Crippen LogP contribution in [0.5, 0.6) is 5.75 Å². The quantitative estimate of drug-likeness (QED) is 0.711. The fourth-order valence-electron chi connectivity index (χ4n) is 1.31. The Bertz CT molecular complexity index is 350. The summed E-state index contributed by atoms with van der Waals surface area (Å²) in [6, 6.07) is 5.52. The summed E-state index contributed by atoms with van der Waals surface area (Å²) in [7, 11) is 0. The van der Waals surface area contributed by atoms with Gasteiger partial charge in [0.1, 0.15) is 5.75 Å². The van der Waals surface area contributed by atoms with Crippen LogP contribution >= 0.6 is 0 Å². The minimum atomic E-state index is -0.303. The van der Waals surface area contributed by atoms with Crippen LogP contribution in [0.3, 0.4) is 0 Å². The van der Waals surface area contributed by atoms with Gasteiger partial charge in [0.15, 0.2) is 0 Å². The normalized spacial score (nSPS) is 9.93. The number of primary amides is 1. The highest BCUT2D eigenvalue weighted by Gasteiger charge is 2.02. The summed E-state index contributed by atoms with van der Waals surface area (Å²) in [5, 5.41) is 0. The second-order valence-electron chi connectivity index (χ2n) is 3.27. The van der Waals surface area contributed by atoms with Crippen LogP contribution in [0, 0.1) is 0 Å². The SMILES string of the molecule is CCOc1ccc(CCC(N)=O)cc1N. The second kappa shape index (κ2) is 5.24. The van der Waals surface area contributed by atoms with E-state index in [0.29, 0.717) is 30.9 Å². The Labute approximate surface area is 89.2 Å². The number of amides is 1. The van der Waals surface area contributed by atoms with Crippen molar-refractivity contribution in [2.24, 2.45) is 5.73 Å². The van der Waals surface area contributed by atoms with E-state index in [2.05, 4.69) is 0 Å². The average molecular weight is 208 g/mol. The molecular weight excluding hydrogens is 192 g/mol. The van der Waals surface area contributed by atoms with Crippen LogP contribution in [0.4, 0.5) is 5.69 Å². The lowest BCUT2D eigenvalue weighted by molar-refractivity contribution is -0.117. The molecule has 0 aliphatic heterocycles. The number of anilines is 1. The molecule has 0 atom stereocenters. The van der Waals surface area contributed by atoms with E-state index in [4.69, 9.17) is 16.2 Å². The monoisotopic (exact) mass is 208 g/mol. The summed E-state index contributed by atoms with van der Waals surface area (Å²) < 4.78 is 5.30. The fraction of sp³-hybridized carbons (Fsp3) is 0.364. The average Bonchev–Trinajstić information content (AvgIpc) is 2.19. The van der Waals surface area contributed by atoms with Crippen LogP contribution in [0.1, 0.15) is 18.9 Å². The topological polar surface area (TPSA) is 78.3 Å². The number of benzene rings is 1. The molecule has 4 nitrogen and oxygen atoms in total. The highest BCUT2D eigenvalue weighted by atomic mass is 16.5. The van der Waals surface area contributed by atoms with Crippen LogP contribution in [-0.2, 0) is 11.2 Å². The van der Waals surface area contributed by atoms with Gasteiger partial charge >= 0.3 is 0 Å². The van der Waals surface area contributed by atoms with Crippen LogP contribution in [0.25, 0.3) is 0 Å². The van der Waals surface area contributed by atoms with E-state index in [1.54, 1.807) is 0 Å². The summed E-state index contributed by atoms with van der Waals surface area (Å²) in [6.45, 7) is 2.49. The Kier molecular flexibility index (Phi) is 3.97. The first kappa shape index (κ1) is 11.4. The number of aryl methyl sites for hydroxylation is 1. The van der Waals surface area contributed by atoms with E-state index in [-0.39, 0.29) is 5.91 Å². The zero-order valence-corrected chi connectivity index (χ0v) is 8.82. The minimum Gasteiger partial charge on any atom is -0.492 e. The third kappa shape index (κ3) is 3.50. The molecule has 0 aliphatic carbocycles. The predicted octanol–water partition coefficient (Wildman–Crippen LogP) is 1.09. The third-order valence-corrected chi connectivity index (χ3v) is 2.03. The zero-order valence-electron chi connectivity index (χ0n) is 8.82. The lowest BCUT2D eigenvalue weighted by atomic mass is 10.1. The molecular formula is C11H16N2O2. The first-order valence-corrected chi connectivity index (χ1v) is 4.93. The van der Waals surface area contributed by atoms with E-state index in [0.717, 1.165) is 5.56 Å². The van der Waals surface area contributed by atoms with E-state index in [9.17, 15) is 4.79 Å². The Morgan fingerprint density at radius 1 is 1.47 bits per heavy atom. The van der Waals surface area contributed by atoms with Gasteiger partial charge in [0.05, 0.1) is 12.3 Å². The lowest BCUT2D eigenvalue weighted by Crippen LogP contribution is -2.11. The molecule has 4 N–H and O–H groups in total. The first-order valence-electron chi connectivity index (χ1n) is 4.93. The van der Waals surface area contributed by atoms with Crippen LogP contribution < -0.4 is 16.2 Å².